The van der Waals surface area contributed by atoms with Gasteiger partial charge in [-0.2, -0.15) is 5.26 Å². The third kappa shape index (κ3) is 2.40. The molecule has 0 fully saturated rings. The number of benzene rings is 1. The molecule has 0 unspecified atom stereocenters. The summed E-state index contributed by atoms with van der Waals surface area (Å²) in [5, 5.41) is 15.9. The lowest BCUT2D eigenvalue weighted by atomic mass is 10.2. The van der Waals surface area contributed by atoms with E-state index in [1.54, 1.807) is 6.07 Å². The van der Waals surface area contributed by atoms with E-state index < -0.39 is 11.6 Å². The van der Waals surface area contributed by atoms with Crippen LogP contribution in [0.3, 0.4) is 0 Å². The molecule has 0 bridgehead atoms. The quantitative estimate of drug-likeness (QED) is 0.587. The van der Waals surface area contributed by atoms with Crippen LogP contribution in [-0.4, -0.2) is 29.8 Å². The molecular formula is C15H8F2N8O. The van der Waals surface area contributed by atoms with Crippen LogP contribution in [0.15, 0.2) is 29.2 Å². The molecule has 0 spiro atoms. The Morgan fingerprint density at radius 1 is 1.15 bits per heavy atom. The van der Waals surface area contributed by atoms with Gasteiger partial charge in [0, 0.05) is 18.0 Å². The number of nitriles is 1. The van der Waals surface area contributed by atoms with Crippen molar-refractivity contribution in [2.75, 3.05) is 5.73 Å². The number of rotatable bonds is 3. The first-order chi connectivity index (χ1) is 12.6. The van der Waals surface area contributed by atoms with Gasteiger partial charge in [-0.25, -0.2) is 28.4 Å². The molecule has 11 heteroatoms. The van der Waals surface area contributed by atoms with Crippen LogP contribution in [0.1, 0.15) is 11.4 Å². The predicted octanol–water partition coefficient (Wildman–Crippen LogP) is 1.66. The zero-order valence-electron chi connectivity index (χ0n) is 12.9. The van der Waals surface area contributed by atoms with Gasteiger partial charge in [0.05, 0.1) is 6.54 Å². The Morgan fingerprint density at radius 2 is 1.88 bits per heavy atom. The third-order valence-electron chi connectivity index (χ3n) is 3.67. The molecule has 26 heavy (non-hydrogen) atoms. The molecule has 9 nitrogen and oxygen atoms in total. The zero-order valence-corrected chi connectivity index (χ0v) is 12.9. The molecule has 0 aliphatic rings. The van der Waals surface area contributed by atoms with Crippen LogP contribution in [0.4, 0.5) is 14.6 Å². The summed E-state index contributed by atoms with van der Waals surface area (Å²) in [5.41, 5.74) is 6.02. The Kier molecular flexibility index (Phi) is 3.51. The molecular weight excluding hydrogens is 346 g/mol. The fourth-order valence-corrected chi connectivity index (χ4v) is 2.53. The fourth-order valence-electron chi connectivity index (χ4n) is 2.53. The first-order valence-electron chi connectivity index (χ1n) is 7.22. The Hall–Kier alpha value is -3.94. The second-order valence-corrected chi connectivity index (χ2v) is 5.27. The van der Waals surface area contributed by atoms with Crippen molar-refractivity contribution >= 4 is 16.9 Å². The van der Waals surface area contributed by atoms with Crippen LogP contribution in [0.2, 0.25) is 0 Å². The zero-order chi connectivity index (χ0) is 18.3. The van der Waals surface area contributed by atoms with Gasteiger partial charge < -0.3 is 10.3 Å². The molecule has 0 amide bonds. The fraction of sp³-hybridized carbons (Fsp3) is 0.0667. The highest BCUT2D eigenvalue weighted by atomic mass is 19.1. The van der Waals surface area contributed by atoms with E-state index in [1.165, 1.54) is 17.0 Å². The molecule has 0 saturated heterocycles. The van der Waals surface area contributed by atoms with Crippen molar-refractivity contribution in [1.29, 1.82) is 5.26 Å². The van der Waals surface area contributed by atoms with Crippen molar-refractivity contribution in [2.45, 2.75) is 6.54 Å². The molecule has 0 saturated carbocycles. The molecule has 4 aromatic rings. The molecule has 2 N–H and O–H groups in total. The molecule has 4 rings (SSSR count). The molecule has 0 aliphatic heterocycles. The Labute approximate surface area is 143 Å². The summed E-state index contributed by atoms with van der Waals surface area (Å²) in [6.45, 7) is 0.0320. The van der Waals surface area contributed by atoms with Gasteiger partial charge in [-0.1, -0.05) is 0 Å². The lowest BCUT2D eigenvalue weighted by Crippen LogP contribution is -2.06. The molecule has 128 valence electrons. The SMILES string of the molecule is N#Cc1ncc(Cn2c(-c3nonc3N)nc3c(F)ccc(F)c32)cn1. The third-order valence-corrected chi connectivity index (χ3v) is 3.67. The molecule has 0 atom stereocenters. The second kappa shape index (κ2) is 5.85. The summed E-state index contributed by atoms with van der Waals surface area (Å²) in [4.78, 5) is 11.8. The predicted molar refractivity (Wildman–Crippen MR) is 83.2 cm³/mol. The van der Waals surface area contributed by atoms with E-state index in [2.05, 4.69) is 29.9 Å². The maximum Gasteiger partial charge on any atom is 0.232 e. The molecule has 1 aromatic carbocycles. The summed E-state index contributed by atoms with van der Waals surface area (Å²) >= 11 is 0. The smallest absolute Gasteiger partial charge is 0.232 e. The van der Waals surface area contributed by atoms with Gasteiger partial charge in [0.25, 0.3) is 0 Å². The number of halogens is 2. The average molecular weight is 354 g/mol. The van der Waals surface area contributed by atoms with E-state index in [9.17, 15) is 8.78 Å². The topological polar surface area (TPSA) is 132 Å². The van der Waals surface area contributed by atoms with E-state index in [1.807, 2.05) is 0 Å². The first kappa shape index (κ1) is 15.6. The van der Waals surface area contributed by atoms with E-state index >= 15 is 0 Å². The minimum atomic E-state index is -0.701. The molecule has 0 aliphatic carbocycles. The molecule has 0 radical (unpaired) electrons. The van der Waals surface area contributed by atoms with Crippen molar-refractivity contribution in [3.8, 4) is 17.6 Å². The van der Waals surface area contributed by atoms with Crippen molar-refractivity contribution in [3.05, 3.63) is 47.5 Å². The molecule has 3 aromatic heterocycles. The number of hydrogen-bond donors (Lipinski definition) is 1. The molecule has 3 heterocycles. The van der Waals surface area contributed by atoms with Crippen LogP contribution >= 0.6 is 0 Å². The maximum absolute atomic E-state index is 14.4. The number of imidazole rings is 1. The van der Waals surface area contributed by atoms with Crippen LogP contribution < -0.4 is 5.73 Å². The van der Waals surface area contributed by atoms with Crippen LogP contribution in [0.5, 0.6) is 0 Å². The lowest BCUT2D eigenvalue weighted by molar-refractivity contribution is 0.310. The van der Waals surface area contributed by atoms with Gasteiger partial charge in [0.15, 0.2) is 23.2 Å². The van der Waals surface area contributed by atoms with Crippen LogP contribution in [-0.2, 0) is 6.54 Å². The minimum Gasteiger partial charge on any atom is -0.379 e. The van der Waals surface area contributed by atoms with Gasteiger partial charge in [0.1, 0.15) is 22.9 Å². The number of anilines is 1. The Balaban J connectivity index is 1.94. The van der Waals surface area contributed by atoms with Gasteiger partial charge in [-0.15, -0.1) is 0 Å². The summed E-state index contributed by atoms with van der Waals surface area (Å²) in [7, 11) is 0. The van der Waals surface area contributed by atoms with E-state index in [4.69, 9.17) is 11.0 Å². The minimum absolute atomic E-state index is 0.00775. The second-order valence-electron chi connectivity index (χ2n) is 5.27. The number of fused-ring (bicyclic) bond motifs is 1. The monoisotopic (exact) mass is 354 g/mol. The normalized spacial score (nSPS) is 11.0. The summed E-state index contributed by atoms with van der Waals surface area (Å²) in [6, 6.07) is 3.78. The highest BCUT2D eigenvalue weighted by Gasteiger charge is 2.23. The summed E-state index contributed by atoms with van der Waals surface area (Å²) in [5.74, 6) is -1.38. The van der Waals surface area contributed by atoms with E-state index in [0.29, 0.717) is 5.56 Å². The standard InChI is InChI=1S/C15H8F2N8O/c16-8-1-2-9(17)13-11(8)22-15(12-14(19)24-26-23-12)25(13)6-7-4-20-10(3-18)21-5-7/h1-2,4-5H,6H2,(H2,19,24). The highest BCUT2D eigenvalue weighted by molar-refractivity contribution is 5.82. The lowest BCUT2D eigenvalue weighted by Gasteiger charge is -2.08. The van der Waals surface area contributed by atoms with Gasteiger partial charge in [-0.05, 0) is 22.4 Å². The number of hydrogen-bond acceptors (Lipinski definition) is 8. The number of nitrogen functional groups attached to an aromatic ring is 1. The highest BCUT2D eigenvalue weighted by Crippen LogP contribution is 2.30. The van der Waals surface area contributed by atoms with Crippen LogP contribution in [0.25, 0.3) is 22.6 Å². The number of nitrogens with zero attached hydrogens (tertiary/aromatic N) is 7. The van der Waals surface area contributed by atoms with Crippen molar-refractivity contribution < 1.29 is 13.4 Å². The van der Waals surface area contributed by atoms with Crippen LogP contribution in [0, 0.1) is 23.0 Å². The van der Waals surface area contributed by atoms with Gasteiger partial charge in [-0.3, -0.25) is 0 Å². The summed E-state index contributed by atoms with van der Waals surface area (Å²) in [6.07, 6.45) is 2.81. The van der Waals surface area contributed by atoms with E-state index in [-0.39, 0.29) is 40.7 Å². The van der Waals surface area contributed by atoms with Crippen molar-refractivity contribution in [2.24, 2.45) is 0 Å². The van der Waals surface area contributed by atoms with Gasteiger partial charge in [0.2, 0.25) is 5.82 Å². The first-order valence-corrected chi connectivity index (χ1v) is 7.22. The number of aromatic nitrogens is 6. The Morgan fingerprint density at radius 3 is 2.54 bits per heavy atom. The Bertz CT molecular complexity index is 1160. The maximum atomic E-state index is 14.4. The van der Waals surface area contributed by atoms with E-state index in [0.717, 1.165) is 12.1 Å². The van der Waals surface area contributed by atoms with Crippen molar-refractivity contribution in [3.63, 3.8) is 0 Å². The summed E-state index contributed by atoms with van der Waals surface area (Å²) < 4.78 is 34.5. The average Bonchev–Trinajstić information content (AvgIpc) is 3.23. The number of nitrogens with two attached hydrogens (primary N) is 1. The van der Waals surface area contributed by atoms with Gasteiger partial charge >= 0.3 is 0 Å². The van der Waals surface area contributed by atoms with Crippen molar-refractivity contribution in [1.82, 2.24) is 29.8 Å². The largest absolute Gasteiger partial charge is 0.379 e.